The number of halogens is 1. The Bertz CT molecular complexity index is 410. The van der Waals surface area contributed by atoms with Crippen molar-refractivity contribution in [3.63, 3.8) is 0 Å². The van der Waals surface area contributed by atoms with Crippen LogP contribution in [0.25, 0.3) is 0 Å². The predicted octanol–water partition coefficient (Wildman–Crippen LogP) is 4.52. The van der Waals surface area contributed by atoms with Gasteiger partial charge in [0.15, 0.2) is 0 Å². The van der Waals surface area contributed by atoms with Crippen molar-refractivity contribution in [2.24, 2.45) is 11.7 Å². The summed E-state index contributed by atoms with van der Waals surface area (Å²) >= 11 is 7.71. The van der Waals surface area contributed by atoms with E-state index in [1.807, 2.05) is 6.07 Å². The largest absolute Gasteiger partial charge is 0.329 e. The molecule has 0 aliphatic heterocycles. The van der Waals surface area contributed by atoms with Crippen LogP contribution in [0.2, 0.25) is 4.34 Å². The number of hydrogen-bond acceptors (Lipinski definition) is 3. The van der Waals surface area contributed by atoms with E-state index in [0.29, 0.717) is 0 Å². The van der Waals surface area contributed by atoms with E-state index in [4.69, 9.17) is 17.3 Å². The van der Waals surface area contributed by atoms with Crippen LogP contribution in [-0.4, -0.2) is 24.0 Å². The van der Waals surface area contributed by atoms with Gasteiger partial charge in [0.25, 0.3) is 0 Å². The van der Waals surface area contributed by atoms with Gasteiger partial charge in [0.2, 0.25) is 0 Å². The molecule has 2 nitrogen and oxygen atoms in total. The van der Waals surface area contributed by atoms with Crippen LogP contribution in [0.15, 0.2) is 12.1 Å². The van der Waals surface area contributed by atoms with Crippen molar-refractivity contribution >= 4 is 22.9 Å². The molecule has 114 valence electrons. The first-order chi connectivity index (χ1) is 9.59. The maximum atomic E-state index is 6.15. The van der Waals surface area contributed by atoms with Crippen molar-refractivity contribution in [1.29, 1.82) is 0 Å². The zero-order valence-corrected chi connectivity index (χ0v) is 14.3. The molecule has 1 heterocycles. The summed E-state index contributed by atoms with van der Waals surface area (Å²) in [5.41, 5.74) is 6.35. The third kappa shape index (κ3) is 3.76. The van der Waals surface area contributed by atoms with Crippen molar-refractivity contribution in [2.45, 2.75) is 57.5 Å². The second kappa shape index (κ2) is 7.26. The first kappa shape index (κ1) is 16.3. The zero-order chi connectivity index (χ0) is 14.6. The third-order valence-corrected chi connectivity index (χ3v) is 6.16. The van der Waals surface area contributed by atoms with Crippen molar-refractivity contribution in [2.75, 3.05) is 13.6 Å². The molecule has 1 aromatic rings. The van der Waals surface area contributed by atoms with Gasteiger partial charge in [-0.2, -0.15) is 0 Å². The van der Waals surface area contributed by atoms with Gasteiger partial charge in [-0.25, -0.2) is 0 Å². The topological polar surface area (TPSA) is 29.3 Å². The molecule has 2 N–H and O–H groups in total. The molecular formula is C16H27ClN2S. The van der Waals surface area contributed by atoms with Crippen molar-refractivity contribution in [3.8, 4) is 0 Å². The summed E-state index contributed by atoms with van der Waals surface area (Å²) in [7, 11) is 2.22. The normalized spacial score (nSPS) is 27.1. The summed E-state index contributed by atoms with van der Waals surface area (Å²) in [5.74, 6) is 0.921. The van der Waals surface area contributed by atoms with Crippen LogP contribution < -0.4 is 5.73 Å². The Balaban J connectivity index is 1.96. The van der Waals surface area contributed by atoms with E-state index in [1.165, 1.54) is 43.4 Å². The molecule has 20 heavy (non-hydrogen) atoms. The molecule has 1 fully saturated rings. The summed E-state index contributed by atoms with van der Waals surface area (Å²) in [5, 5.41) is 0. The summed E-state index contributed by atoms with van der Waals surface area (Å²) in [6, 6.07) is 4.12. The van der Waals surface area contributed by atoms with Gasteiger partial charge >= 0.3 is 0 Å². The molecule has 1 aliphatic rings. The molecule has 1 aromatic heterocycles. The fourth-order valence-corrected chi connectivity index (χ4v) is 4.63. The number of nitrogens with two attached hydrogens (primary N) is 1. The molecule has 0 radical (unpaired) electrons. The lowest BCUT2D eigenvalue weighted by Crippen LogP contribution is -2.53. The Morgan fingerprint density at radius 2 is 2.10 bits per heavy atom. The smallest absolute Gasteiger partial charge is 0.0931 e. The van der Waals surface area contributed by atoms with E-state index < -0.39 is 0 Å². The summed E-state index contributed by atoms with van der Waals surface area (Å²) in [6.45, 7) is 4.02. The van der Waals surface area contributed by atoms with Crippen LogP contribution in [0.1, 0.15) is 50.3 Å². The lowest BCUT2D eigenvalue weighted by molar-refractivity contribution is 0.0577. The highest BCUT2D eigenvalue weighted by Crippen LogP contribution is 2.38. The molecule has 0 aromatic carbocycles. The molecule has 0 bridgehead atoms. The Labute approximate surface area is 132 Å². The Hall–Kier alpha value is -0.0900. The number of thiophene rings is 1. The molecule has 0 saturated heterocycles. The predicted molar refractivity (Wildman–Crippen MR) is 89.4 cm³/mol. The van der Waals surface area contributed by atoms with Crippen LogP contribution in [-0.2, 0) is 6.54 Å². The Morgan fingerprint density at radius 3 is 2.60 bits per heavy atom. The monoisotopic (exact) mass is 314 g/mol. The average molecular weight is 315 g/mol. The Kier molecular flexibility index (Phi) is 5.91. The maximum absolute atomic E-state index is 6.15. The van der Waals surface area contributed by atoms with Gasteiger partial charge < -0.3 is 5.73 Å². The number of rotatable bonds is 6. The van der Waals surface area contributed by atoms with E-state index >= 15 is 0 Å². The number of likely N-dealkylation sites (N-methyl/N-ethyl adjacent to an activating group) is 1. The summed E-state index contributed by atoms with van der Waals surface area (Å²) in [6.07, 6.45) is 7.84. The van der Waals surface area contributed by atoms with Crippen molar-refractivity contribution in [3.05, 3.63) is 21.3 Å². The second-order valence-electron chi connectivity index (χ2n) is 6.22. The quantitative estimate of drug-likeness (QED) is 0.836. The first-order valence-corrected chi connectivity index (χ1v) is 8.94. The minimum atomic E-state index is 0.195. The van der Waals surface area contributed by atoms with E-state index in [0.717, 1.165) is 23.3 Å². The van der Waals surface area contributed by atoms with Gasteiger partial charge in [-0.3, -0.25) is 4.90 Å². The van der Waals surface area contributed by atoms with E-state index in [-0.39, 0.29) is 5.54 Å². The molecule has 4 heteroatoms. The lowest BCUT2D eigenvalue weighted by Gasteiger charge is -2.46. The standard InChI is InChI=1S/C16H27ClN2S/c1-3-4-13-7-9-16(12-18,10-8-13)19(2)11-14-5-6-15(17)20-14/h5-6,13H,3-4,7-12,18H2,1-2H3. The van der Waals surface area contributed by atoms with Crippen LogP contribution in [0.4, 0.5) is 0 Å². The van der Waals surface area contributed by atoms with Crippen molar-refractivity contribution in [1.82, 2.24) is 4.90 Å². The summed E-state index contributed by atoms with van der Waals surface area (Å²) < 4.78 is 0.877. The lowest BCUT2D eigenvalue weighted by atomic mass is 9.74. The molecule has 0 atom stereocenters. The SMILES string of the molecule is CCCC1CCC(CN)(N(C)Cc2ccc(Cl)s2)CC1. The highest BCUT2D eigenvalue weighted by Gasteiger charge is 2.37. The highest BCUT2D eigenvalue weighted by molar-refractivity contribution is 7.16. The summed E-state index contributed by atoms with van der Waals surface area (Å²) in [4.78, 5) is 3.80. The van der Waals surface area contributed by atoms with Gasteiger partial charge in [0, 0.05) is 23.5 Å². The van der Waals surface area contributed by atoms with Gasteiger partial charge in [-0.1, -0.05) is 31.4 Å². The molecule has 0 amide bonds. The average Bonchev–Trinajstić information content (AvgIpc) is 2.85. The van der Waals surface area contributed by atoms with Gasteiger partial charge in [0.05, 0.1) is 4.34 Å². The molecule has 1 saturated carbocycles. The van der Waals surface area contributed by atoms with Crippen molar-refractivity contribution < 1.29 is 0 Å². The van der Waals surface area contributed by atoms with Crippen LogP contribution in [0, 0.1) is 5.92 Å². The molecular weight excluding hydrogens is 288 g/mol. The van der Waals surface area contributed by atoms with E-state index in [9.17, 15) is 0 Å². The van der Waals surface area contributed by atoms with Crippen LogP contribution >= 0.6 is 22.9 Å². The van der Waals surface area contributed by atoms with Crippen LogP contribution in [0.5, 0.6) is 0 Å². The fraction of sp³-hybridized carbons (Fsp3) is 0.750. The molecule has 0 unspecified atom stereocenters. The molecule has 1 aliphatic carbocycles. The van der Waals surface area contributed by atoms with E-state index in [2.05, 4.69) is 24.9 Å². The minimum absolute atomic E-state index is 0.195. The van der Waals surface area contributed by atoms with Crippen LogP contribution in [0.3, 0.4) is 0 Å². The zero-order valence-electron chi connectivity index (χ0n) is 12.7. The number of hydrogen-bond donors (Lipinski definition) is 1. The van der Waals surface area contributed by atoms with Gasteiger partial charge in [-0.15, -0.1) is 11.3 Å². The van der Waals surface area contributed by atoms with Gasteiger partial charge in [-0.05, 0) is 50.8 Å². The molecule has 0 spiro atoms. The molecule has 2 rings (SSSR count). The Morgan fingerprint density at radius 1 is 1.40 bits per heavy atom. The highest BCUT2D eigenvalue weighted by atomic mass is 35.5. The first-order valence-electron chi connectivity index (χ1n) is 7.75. The maximum Gasteiger partial charge on any atom is 0.0931 e. The minimum Gasteiger partial charge on any atom is -0.329 e. The van der Waals surface area contributed by atoms with E-state index in [1.54, 1.807) is 11.3 Å². The van der Waals surface area contributed by atoms with Gasteiger partial charge in [0.1, 0.15) is 0 Å². The third-order valence-electron chi connectivity index (χ3n) is 4.94. The number of nitrogens with zero attached hydrogens (tertiary/aromatic N) is 1. The fourth-order valence-electron chi connectivity index (χ4n) is 3.49. The second-order valence-corrected chi connectivity index (χ2v) is 8.02.